The molecule has 0 radical (unpaired) electrons. The Kier molecular flexibility index (Phi) is 5.18. The fourth-order valence-corrected chi connectivity index (χ4v) is 4.03. The minimum absolute atomic E-state index is 0.0147. The normalized spacial score (nSPS) is 21.4. The van der Waals surface area contributed by atoms with Gasteiger partial charge in [0, 0.05) is 39.3 Å². The van der Waals surface area contributed by atoms with Crippen molar-refractivity contribution in [2.75, 3.05) is 39.3 Å². The highest BCUT2D eigenvalue weighted by atomic mass is 16.3. The van der Waals surface area contributed by atoms with Crippen molar-refractivity contribution < 1.29 is 9.21 Å². The highest BCUT2D eigenvalue weighted by Gasteiger charge is 2.41. The number of piperazine rings is 1. The molecule has 0 aromatic carbocycles. The number of nitrogens with zero attached hydrogens (tertiary/aromatic N) is 3. The number of carbonyl (C=O) groups excluding carboxylic acids is 1. The zero-order valence-electron chi connectivity index (χ0n) is 15.7. The van der Waals surface area contributed by atoms with Crippen molar-refractivity contribution in [1.29, 1.82) is 0 Å². The van der Waals surface area contributed by atoms with Gasteiger partial charge >= 0.3 is 0 Å². The zero-order valence-corrected chi connectivity index (χ0v) is 15.7. The van der Waals surface area contributed by atoms with Gasteiger partial charge in [0.2, 0.25) is 0 Å². The summed E-state index contributed by atoms with van der Waals surface area (Å²) in [6.07, 6.45) is 7.17. The average molecular weight is 358 g/mol. The van der Waals surface area contributed by atoms with Crippen molar-refractivity contribution in [2.24, 2.45) is 22.7 Å². The first-order valence-corrected chi connectivity index (χ1v) is 10.1. The summed E-state index contributed by atoms with van der Waals surface area (Å²) in [5.41, 5.74) is 0. The number of carbonyl (C=O) groups is 1. The third-order valence-electron chi connectivity index (χ3n) is 5.84. The molecule has 1 N–H and O–H groups in total. The lowest BCUT2D eigenvalue weighted by molar-refractivity contribution is 0.0657. The third-order valence-corrected chi connectivity index (χ3v) is 5.84. The standard InChI is InChI=1S/C20H30N4O2/c1-2-21-20(22-14-17(15-5-6-15)16-7-8-16)24-11-9-23(10-12-24)19(25)18-4-3-13-26-18/h3-4,13,15-17H,2,5-12,14H2,1H3,(H,21,22). The first kappa shape index (κ1) is 17.4. The molecule has 2 heterocycles. The quantitative estimate of drug-likeness (QED) is 0.627. The second-order valence-electron chi connectivity index (χ2n) is 7.79. The Morgan fingerprint density at radius 2 is 1.85 bits per heavy atom. The van der Waals surface area contributed by atoms with Crippen molar-refractivity contribution in [1.82, 2.24) is 15.1 Å². The van der Waals surface area contributed by atoms with Gasteiger partial charge in [-0.3, -0.25) is 9.79 Å². The number of hydrogen-bond acceptors (Lipinski definition) is 3. The third kappa shape index (κ3) is 4.05. The molecule has 142 valence electrons. The zero-order chi connectivity index (χ0) is 17.9. The van der Waals surface area contributed by atoms with Crippen molar-refractivity contribution in [2.45, 2.75) is 32.6 Å². The molecule has 3 aliphatic rings. The molecule has 3 fully saturated rings. The Morgan fingerprint density at radius 3 is 2.38 bits per heavy atom. The Hall–Kier alpha value is -1.98. The van der Waals surface area contributed by atoms with Gasteiger partial charge in [-0.05, 0) is 62.5 Å². The second kappa shape index (κ2) is 7.72. The number of nitrogens with one attached hydrogen (secondary N) is 1. The summed E-state index contributed by atoms with van der Waals surface area (Å²) in [5.74, 6) is 4.08. The van der Waals surface area contributed by atoms with E-state index >= 15 is 0 Å². The van der Waals surface area contributed by atoms with E-state index in [1.54, 1.807) is 18.4 Å². The van der Waals surface area contributed by atoms with Crippen LogP contribution >= 0.6 is 0 Å². The van der Waals surface area contributed by atoms with E-state index in [4.69, 9.17) is 9.41 Å². The van der Waals surface area contributed by atoms with Crippen molar-refractivity contribution in [3.8, 4) is 0 Å². The lowest BCUT2D eigenvalue weighted by atomic mass is 9.98. The molecule has 0 unspecified atom stereocenters. The number of rotatable bonds is 6. The maximum atomic E-state index is 12.4. The van der Waals surface area contributed by atoms with Gasteiger partial charge in [-0.1, -0.05) is 0 Å². The summed E-state index contributed by atoms with van der Waals surface area (Å²) < 4.78 is 5.24. The Labute approximate surface area is 155 Å². The molecule has 1 amide bonds. The largest absolute Gasteiger partial charge is 0.459 e. The molecule has 6 nitrogen and oxygen atoms in total. The van der Waals surface area contributed by atoms with E-state index < -0.39 is 0 Å². The van der Waals surface area contributed by atoms with Crippen LogP contribution < -0.4 is 5.32 Å². The predicted molar refractivity (Wildman–Crippen MR) is 101 cm³/mol. The molecule has 2 aliphatic carbocycles. The number of aliphatic imine (C=N–C) groups is 1. The average Bonchev–Trinajstić information content (AvgIpc) is 3.61. The highest BCUT2D eigenvalue weighted by Crippen LogP contribution is 2.49. The van der Waals surface area contributed by atoms with Crippen LogP contribution in [0.3, 0.4) is 0 Å². The van der Waals surface area contributed by atoms with Gasteiger partial charge in [0.25, 0.3) is 5.91 Å². The van der Waals surface area contributed by atoms with E-state index in [-0.39, 0.29) is 5.91 Å². The van der Waals surface area contributed by atoms with Crippen LogP contribution in [0.2, 0.25) is 0 Å². The minimum atomic E-state index is -0.0147. The monoisotopic (exact) mass is 358 g/mol. The molecule has 1 aliphatic heterocycles. The van der Waals surface area contributed by atoms with Crippen LogP contribution in [0, 0.1) is 17.8 Å². The summed E-state index contributed by atoms with van der Waals surface area (Å²) in [7, 11) is 0. The van der Waals surface area contributed by atoms with Crippen LogP contribution in [0.5, 0.6) is 0 Å². The summed E-state index contributed by atoms with van der Waals surface area (Å²) in [6.45, 7) is 7.00. The first-order valence-electron chi connectivity index (χ1n) is 10.1. The molecule has 4 rings (SSSR count). The molecule has 0 spiro atoms. The number of amides is 1. The predicted octanol–water partition coefficient (Wildman–Crippen LogP) is 2.44. The van der Waals surface area contributed by atoms with Gasteiger partial charge in [-0.2, -0.15) is 0 Å². The van der Waals surface area contributed by atoms with Crippen LogP contribution in [0.1, 0.15) is 43.2 Å². The number of furan rings is 1. The van der Waals surface area contributed by atoms with Crippen LogP contribution in [-0.4, -0.2) is 60.9 Å². The molecule has 6 heteroatoms. The maximum Gasteiger partial charge on any atom is 0.289 e. The molecule has 0 atom stereocenters. The Balaban J connectivity index is 1.34. The Bertz CT molecular complexity index is 614. The summed E-state index contributed by atoms with van der Waals surface area (Å²) in [6, 6.07) is 3.49. The van der Waals surface area contributed by atoms with E-state index in [0.717, 1.165) is 49.9 Å². The first-order chi connectivity index (χ1) is 12.8. The van der Waals surface area contributed by atoms with E-state index in [9.17, 15) is 4.79 Å². The molecule has 26 heavy (non-hydrogen) atoms. The minimum Gasteiger partial charge on any atom is -0.459 e. The van der Waals surface area contributed by atoms with Crippen molar-refractivity contribution in [3.63, 3.8) is 0 Å². The van der Waals surface area contributed by atoms with Gasteiger partial charge in [-0.15, -0.1) is 0 Å². The van der Waals surface area contributed by atoms with Crippen LogP contribution in [0.25, 0.3) is 0 Å². The lowest BCUT2D eigenvalue weighted by Gasteiger charge is -2.36. The Morgan fingerprint density at radius 1 is 1.19 bits per heavy atom. The van der Waals surface area contributed by atoms with Crippen LogP contribution in [-0.2, 0) is 0 Å². The summed E-state index contributed by atoms with van der Waals surface area (Å²) in [4.78, 5) is 21.6. The molecular formula is C20H30N4O2. The molecule has 2 saturated carbocycles. The molecule has 0 bridgehead atoms. The van der Waals surface area contributed by atoms with E-state index in [1.165, 1.54) is 25.7 Å². The van der Waals surface area contributed by atoms with Gasteiger partial charge in [-0.25, -0.2) is 0 Å². The van der Waals surface area contributed by atoms with Crippen LogP contribution in [0.15, 0.2) is 27.8 Å². The van der Waals surface area contributed by atoms with Gasteiger partial charge in [0.1, 0.15) is 0 Å². The lowest BCUT2D eigenvalue weighted by Crippen LogP contribution is -2.53. The van der Waals surface area contributed by atoms with E-state index in [0.29, 0.717) is 18.8 Å². The maximum absolute atomic E-state index is 12.4. The number of guanidine groups is 1. The molecule has 1 aromatic rings. The van der Waals surface area contributed by atoms with Gasteiger partial charge in [0.05, 0.1) is 6.26 Å². The fraction of sp³-hybridized carbons (Fsp3) is 0.700. The molecule has 1 aromatic heterocycles. The van der Waals surface area contributed by atoms with Gasteiger partial charge < -0.3 is 19.5 Å². The number of hydrogen-bond donors (Lipinski definition) is 1. The molecule has 1 saturated heterocycles. The van der Waals surface area contributed by atoms with E-state index in [1.807, 2.05) is 4.90 Å². The topological polar surface area (TPSA) is 61.1 Å². The summed E-state index contributed by atoms with van der Waals surface area (Å²) >= 11 is 0. The highest BCUT2D eigenvalue weighted by molar-refractivity contribution is 5.91. The SMILES string of the molecule is CCNC(=NCC(C1CC1)C1CC1)N1CCN(C(=O)c2ccco2)CC1. The van der Waals surface area contributed by atoms with Crippen molar-refractivity contribution in [3.05, 3.63) is 24.2 Å². The van der Waals surface area contributed by atoms with Crippen LogP contribution in [0.4, 0.5) is 0 Å². The molecular weight excluding hydrogens is 328 g/mol. The van der Waals surface area contributed by atoms with E-state index in [2.05, 4.69) is 17.1 Å². The van der Waals surface area contributed by atoms with Gasteiger partial charge in [0.15, 0.2) is 11.7 Å². The van der Waals surface area contributed by atoms with Crippen molar-refractivity contribution >= 4 is 11.9 Å². The smallest absolute Gasteiger partial charge is 0.289 e. The second-order valence-corrected chi connectivity index (χ2v) is 7.79. The fourth-order valence-electron chi connectivity index (χ4n) is 4.03. The summed E-state index contributed by atoms with van der Waals surface area (Å²) in [5, 5.41) is 3.45.